The Bertz CT molecular complexity index is 573. The second-order valence-corrected chi connectivity index (χ2v) is 6.98. The number of hydrogen-bond donors (Lipinski definition) is 1. The maximum Gasteiger partial charge on any atom is 0.123 e. The first-order valence-corrected chi connectivity index (χ1v) is 8.46. The first kappa shape index (κ1) is 16.2. The number of carbonyl (C=O) groups excluding carboxylic acids is 1. The fourth-order valence-corrected chi connectivity index (χ4v) is 4.29. The summed E-state index contributed by atoms with van der Waals surface area (Å²) in [5, 5.41) is 19.1. The summed E-state index contributed by atoms with van der Waals surface area (Å²) < 4.78 is 0. The Kier molecular flexibility index (Phi) is 4.79. The molecule has 1 saturated carbocycles. The molecule has 1 N–H and O–H groups in total. The molecule has 23 heavy (non-hydrogen) atoms. The predicted octanol–water partition coefficient (Wildman–Crippen LogP) is 2.55. The molecular weight excluding hydrogens is 288 g/mol. The van der Waals surface area contributed by atoms with Crippen molar-refractivity contribution >= 4 is 6.29 Å². The number of carbonyl (C=O) groups is 1. The van der Waals surface area contributed by atoms with Gasteiger partial charge in [-0.05, 0) is 49.2 Å². The van der Waals surface area contributed by atoms with Crippen molar-refractivity contribution in [3.05, 3.63) is 35.9 Å². The van der Waals surface area contributed by atoms with Crippen molar-refractivity contribution in [2.24, 2.45) is 17.3 Å². The van der Waals surface area contributed by atoms with E-state index in [2.05, 4.69) is 23.1 Å². The lowest BCUT2D eigenvalue weighted by Gasteiger charge is -2.44. The molecule has 1 aliphatic carbocycles. The number of aliphatic hydroxyl groups excluding tert-OH is 1. The van der Waals surface area contributed by atoms with E-state index in [-0.39, 0.29) is 24.0 Å². The lowest BCUT2D eigenvalue weighted by atomic mass is 9.71. The molecule has 0 bridgehead atoms. The second-order valence-electron chi connectivity index (χ2n) is 6.98. The van der Waals surface area contributed by atoms with Crippen LogP contribution in [0.1, 0.15) is 37.3 Å². The summed E-state index contributed by atoms with van der Waals surface area (Å²) in [6.45, 7) is 1.86. The van der Waals surface area contributed by atoms with Crippen LogP contribution in [0, 0.1) is 28.6 Å². The van der Waals surface area contributed by atoms with Crippen LogP contribution in [-0.2, 0) is 4.79 Å². The average molecular weight is 312 g/mol. The highest BCUT2D eigenvalue weighted by molar-refractivity contribution is 5.58. The monoisotopic (exact) mass is 312 g/mol. The van der Waals surface area contributed by atoms with Crippen molar-refractivity contribution in [1.82, 2.24) is 4.90 Å². The van der Waals surface area contributed by atoms with Gasteiger partial charge in [-0.3, -0.25) is 4.90 Å². The van der Waals surface area contributed by atoms with E-state index in [1.54, 1.807) is 0 Å². The molecule has 1 aliphatic heterocycles. The van der Waals surface area contributed by atoms with Gasteiger partial charge in [0.15, 0.2) is 0 Å². The number of likely N-dealkylation sites (tertiary alicyclic amines) is 1. The number of aliphatic hydroxyl groups is 1. The zero-order valence-corrected chi connectivity index (χ0v) is 13.4. The molecule has 0 amide bonds. The van der Waals surface area contributed by atoms with Gasteiger partial charge >= 0.3 is 0 Å². The van der Waals surface area contributed by atoms with Crippen LogP contribution in [0.3, 0.4) is 0 Å². The Hall–Kier alpha value is -1.70. The minimum Gasteiger partial charge on any atom is -0.394 e. The zero-order chi connectivity index (χ0) is 16.3. The number of nitrogens with zero attached hydrogens (tertiary/aromatic N) is 2. The van der Waals surface area contributed by atoms with Gasteiger partial charge in [-0.25, -0.2) is 0 Å². The van der Waals surface area contributed by atoms with Crippen LogP contribution in [0.25, 0.3) is 0 Å². The Morgan fingerprint density at radius 2 is 2.04 bits per heavy atom. The van der Waals surface area contributed by atoms with Crippen LogP contribution < -0.4 is 0 Å². The summed E-state index contributed by atoms with van der Waals surface area (Å²) in [5.41, 5.74) is 1.15. The van der Waals surface area contributed by atoms with E-state index in [1.807, 2.05) is 18.2 Å². The fraction of sp³-hybridized carbons (Fsp3) is 0.579. The normalized spacial score (nSPS) is 27.8. The molecule has 2 fully saturated rings. The second kappa shape index (κ2) is 6.82. The molecule has 1 aromatic rings. The largest absolute Gasteiger partial charge is 0.394 e. The third-order valence-corrected chi connectivity index (χ3v) is 5.82. The SMILES string of the molecule is N#CCC1(C2CC2C=O)CCN(C(CO)c2ccccc2)CC1. The van der Waals surface area contributed by atoms with Crippen LogP contribution in [-0.4, -0.2) is 36.0 Å². The summed E-state index contributed by atoms with van der Waals surface area (Å²) in [6.07, 6.45) is 4.45. The van der Waals surface area contributed by atoms with Gasteiger partial charge in [0.05, 0.1) is 18.7 Å². The number of hydrogen-bond acceptors (Lipinski definition) is 4. The van der Waals surface area contributed by atoms with Gasteiger partial charge in [0, 0.05) is 12.3 Å². The summed E-state index contributed by atoms with van der Waals surface area (Å²) in [7, 11) is 0. The first-order chi connectivity index (χ1) is 11.2. The molecule has 1 aromatic carbocycles. The van der Waals surface area contributed by atoms with Gasteiger partial charge in [-0.15, -0.1) is 0 Å². The Balaban J connectivity index is 1.69. The van der Waals surface area contributed by atoms with Crippen LogP contribution in [0.2, 0.25) is 0 Å². The van der Waals surface area contributed by atoms with Crippen LogP contribution in [0.15, 0.2) is 30.3 Å². The predicted molar refractivity (Wildman–Crippen MR) is 87.4 cm³/mol. The van der Waals surface area contributed by atoms with Gasteiger partial charge < -0.3 is 9.90 Å². The molecule has 0 radical (unpaired) electrons. The summed E-state index contributed by atoms with van der Waals surface area (Å²) in [6, 6.07) is 12.5. The lowest BCUT2D eigenvalue weighted by molar-refractivity contribution is -0.109. The maximum absolute atomic E-state index is 11.0. The highest BCUT2D eigenvalue weighted by atomic mass is 16.3. The number of rotatable bonds is 6. The number of aldehydes is 1. The molecule has 0 spiro atoms. The third-order valence-electron chi connectivity index (χ3n) is 5.82. The Labute approximate surface area is 137 Å². The molecule has 4 heteroatoms. The number of benzene rings is 1. The standard InChI is InChI=1S/C19H24N2O2/c20-9-6-19(17-12-16(17)13-22)7-10-21(11-8-19)18(14-23)15-4-2-1-3-5-15/h1-5,13,16-18,23H,6-8,10-12,14H2. The Morgan fingerprint density at radius 3 is 2.57 bits per heavy atom. The highest BCUT2D eigenvalue weighted by Gasteiger charge is 2.53. The van der Waals surface area contributed by atoms with Crippen molar-refractivity contribution in [1.29, 1.82) is 5.26 Å². The highest BCUT2D eigenvalue weighted by Crippen LogP contribution is 2.57. The summed E-state index contributed by atoms with van der Waals surface area (Å²) >= 11 is 0. The Morgan fingerprint density at radius 1 is 1.35 bits per heavy atom. The molecule has 3 rings (SSSR count). The van der Waals surface area contributed by atoms with Gasteiger partial charge in [0.1, 0.15) is 6.29 Å². The van der Waals surface area contributed by atoms with Crippen molar-refractivity contribution in [3.8, 4) is 6.07 Å². The van der Waals surface area contributed by atoms with Crippen LogP contribution >= 0.6 is 0 Å². The smallest absolute Gasteiger partial charge is 0.123 e. The topological polar surface area (TPSA) is 64.3 Å². The molecule has 1 heterocycles. The maximum atomic E-state index is 11.0. The molecule has 1 saturated heterocycles. The van der Waals surface area contributed by atoms with Crippen molar-refractivity contribution in [2.75, 3.05) is 19.7 Å². The average Bonchev–Trinajstić information content (AvgIpc) is 3.39. The molecule has 3 atom stereocenters. The van der Waals surface area contributed by atoms with E-state index in [4.69, 9.17) is 0 Å². The van der Waals surface area contributed by atoms with E-state index in [9.17, 15) is 15.2 Å². The van der Waals surface area contributed by atoms with Crippen LogP contribution in [0.4, 0.5) is 0 Å². The summed E-state index contributed by atoms with van der Waals surface area (Å²) in [4.78, 5) is 13.4. The minimum atomic E-state index is 0.00746. The van der Waals surface area contributed by atoms with Crippen LogP contribution in [0.5, 0.6) is 0 Å². The molecular formula is C19H24N2O2. The number of piperidine rings is 1. The zero-order valence-electron chi connectivity index (χ0n) is 13.4. The van der Waals surface area contributed by atoms with Gasteiger partial charge in [-0.2, -0.15) is 5.26 Å². The van der Waals surface area contributed by atoms with E-state index in [0.29, 0.717) is 12.3 Å². The minimum absolute atomic E-state index is 0.00746. The quantitative estimate of drug-likeness (QED) is 0.820. The van der Waals surface area contributed by atoms with Gasteiger partial charge in [0.2, 0.25) is 0 Å². The van der Waals surface area contributed by atoms with E-state index in [0.717, 1.165) is 44.2 Å². The third kappa shape index (κ3) is 3.17. The first-order valence-electron chi connectivity index (χ1n) is 8.46. The van der Waals surface area contributed by atoms with E-state index < -0.39 is 0 Å². The molecule has 2 aliphatic rings. The molecule has 4 nitrogen and oxygen atoms in total. The van der Waals surface area contributed by atoms with Gasteiger partial charge in [0.25, 0.3) is 0 Å². The van der Waals surface area contributed by atoms with Crippen molar-refractivity contribution < 1.29 is 9.90 Å². The van der Waals surface area contributed by atoms with Crippen molar-refractivity contribution in [3.63, 3.8) is 0 Å². The molecule has 0 aromatic heterocycles. The lowest BCUT2D eigenvalue weighted by Crippen LogP contribution is -2.44. The van der Waals surface area contributed by atoms with E-state index in [1.165, 1.54) is 0 Å². The molecule has 122 valence electrons. The fourth-order valence-electron chi connectivity index (χ4n) is 4.29. The van der Waals surface area contributed by atoms with Crippen molar-refractivity contribution in [2.45, 2.75) is 31.7 Å². The molecule has 3 unspecified atom stereocenters. The van der Waals surface area contributed by atoms with Gasteiger partial charge in [-0.1, -0.05) is 30.3 Å². The number of nitriles is 1. The van der Waals surface area contributed by atoms with E-state index >= 15 is 0 Å². The summed E-state index contributed by atoms with van der Waals surface area (Å²) in [5.74, 6) is 0.559.